The van der Waals surface area contributed by atoms with Crippen LogP contribution < -0.4 is 0 Å². The van der Waals surface area contributed by atoms with E-state index in [1.165, 1.54) is 24.8 Å². The summed E-state index contributed by atoms with van der Waals surface area (Å²) in [7, 11) is 0. The van der Waals surface area contributed by atoms with Crippen molar-refractivity contribution >= 4 is 11.9 Å². The molecular weight excluding hydrogens is 460 g/mol. The fraction of sp³-hybridized carbons (Fsp3) is 0.879. The average molecular weight is 513 g/mol. The van der Waals surface area contributed by atoms with Crippen molar-refractivity contribution in [1.29, 1.82) is 0 Å². The van der Waals surface area contributed by atoms with Gasteiger partial charge in [0.05, 0.1) is 5.41 Å². The zero-order valence-corrected chi connectivity index (χ0v) is 24.6. The fourth-order valence-corrected chi connectivity index (χ4v) is 11.9. The first kappa shape index (κ1) is 27.3. The Morgan fingerprint density at radius 1 is 0.865 bits per heavy atom. The van der Waals surface area contributed by atoms with Crippen LogP contribution in [-0.4, -0.2) is 23.1 Å². The highest BCUT2D eigenvalue weighted by atomic mass is 16.5. The molecule has 10 atom stereocenters. The van der Waals surface area contributed by atoms with Gasteiger partial charge in [0.25, 0.3) is 0 Å². The van der Waals surface area contributed by atoms with Gasteiger partial charge in [0.1, 0.15) is 6.10 Å². The first-order chi connectivity index (χ1) is 17.2. The highest BCUT2D eigenvalue weighted by Gasteiger charge is 2.72. The van der Waals surface area contributed by atoms with Gasteiger partial charge in [-0.15, -0.1) is 0 Å². The molecule has 0 amide bonds. The standard InChI is InChI=1S/C33H52O4/c1-9-26(34)37-25-14-15-30(6)23(29(25,4)5)13-16-32(8)24(30)11-10-22-27-21(20(2)3)12-17-33(27,28(35)36)19-18-31(22,32)7/h21-25,27H,2,9-19H2,1,3-8H3,(H,35,36)/t21-,22+,23?,24?,25-,27?,30-,31+,32+,33-/m0/s1. The summed E-state index contributed by atoms with van der Waals surface area (Å²) < 4.78 is 6.03. The van der Waals surface area contributed by atoms with E-state index in [0.717, 1.165) is 44.9 Å². The molecule has 0 aromatic heterocycles. The lowest BCUT2D eigenvalue weighted by Crippen LogP contribution is -2.67. The SMILES string of the molecule is C=C(C)[C@@H]1CC[C@]2(C(=O)O)CC[C@]3(C)[C@H](CCC4[C@@]5(C)CC[C@H](OC(=O)CC)C(C)(C)C5CC[C@]43C)C12. The van der Waals surface area contributed by atoms with Gasteiger partial charge in [-0.3, -0.25) is 9.59 Å². The van der Waals surface area contributed by atoms with Gasteiger partial charge >= 0.3 is 11.9 Å². The molecule has 5 aliphatic rings. The summed E-state index contributed by atoms with van der Waals surface area (Å²) in [6.07, 6.45) is 10.9. The number of hydrogen-bond donors (Lipinski definition) is 1. The third-order valence-corrected chi connectivity index (χ3v) is 14.0. The van der Waals surface area contributed by atoms with Crippen LogP contribution in [-0.2, 0) is 14.3 Å². The average Bonchev–Trinajstić information content (AvgIpc) is 3.23. The Labute approximate surface area is 225 Å². The number of carbonyl (C=O) groups is 2. The van der Waals surface area contributed by atoms with Crippen LogP contribution in [0.3, 0.4) is 0 Å². The van der Waals surface area contributed by atoms with Gasteiger partial charge < -0.3 is 9.84 Å². The van der Waals surface area contributed by atoms with Crippen molar-refractivity contribution in [3.63, 3.8) is 0 Å². The summed E-state index contributed by atoms with van der Waals surface area (Å²) in [6.45, 7) is 20.8. The molecule has 0 radical (unpaired) electrons. The maximum Gasteiger partial charge on any atom is 0.309 e. The molecule has 0 bridgehead atoms. The van der Waals surface area contributed by atoms with Crippen molar-refractivity contribution in [3.8, 4) is 0 Å². The summed E-state index contributed by atoms with van der Waals surface area (Å²) in [6, 6.07) is 0. The molecule has 37 heavy (non-hydrogen) atoms. The highest BCUT2D eigenvalue weighted by Crippen LogP contribution is 2.77. The van der Waals surface area contributed by atoms with Crippen molar-refractivity contribution in [1.82, 2.24) is 0 Å². The van der Waals surface area contributed by atoms with Crippen LogP contribution in [0.25, 0.3) is 0 Å². The predicted molar refractivity (Wildman–Crippen MR) is 147 cm³/mol. The molecule has 5 saturated carbocycles. The van der Waals surface area contributed by atoms with Crippen LogP contribution >= 0.6 is 0 Å². The minimum absolute atomic E-state index is 0.00924. The van der Waals surface area contributed by atoms with Crippen LogP contribution in [0.4, 0.5) is 0 Å². The zero-order valence-electron chi connectivity index (χ0n) is 24.6. The molecule has 4 heteroatoms. The van der Waals surface area contributed by atoms with Crippen molar-refractivity contribution < 1.29 is 19.4 Å². The van der Waals surface area contributed by atoms with E-state index in [0.29, 0.717) is 30.1 Å². The van der Waals surface area contributed by atoms with Gasteiger partial charge in [-0.2, -0.15) is 0 Å². The van der Waals surface area contributed by atoms with E-state index < -0.39 is 11.4 Å². The van der Waals surface area contributed by atoms with Gasteiger partial charge in [0, 0.05) is 11.8 Å². The molecular formula is C33H52O4. The van der Waals surface area contributed by atoms with Crippen LogP contribution in [0, 0.1) is 56.7 Å². The second kappa shape index (κ2) is 8.59. The van der Waals surface area contributed by atoms with Crippen LogP contribution in [0.1, 0.15) is 119 Å². The molecule has 0 spiro atoms. The summed E-state index contributed by atoms with van der Waals surface area (Å²) in [5.74, 6) is 1.58. The summed E-state index contributed by atoms with van der Waals surface area (Å²) in [5.41, 5.74) is 1.20. The molecule has 0 saturated heterocycles. The molecule has 3 unspecified atom stereocenters. The number of carbonyl (C=O) groups excluding carboxylic acids is 1. The monoisotopic (exact) mass is 512 g/mol. The predicted octanol–water partition coefficient (Wildman–Crippen LogP) is 8.05. The number of ether oxygens (including phenoxy) is 1. The fourth-order valence-electron chi connectivity index (χ4n) is 11.9. The molecule has 5 aliphatic carbocycles. The highest BCUT2D eigenvalue weighted by molar-refractivity contribution is 5.76. The molecule has 5 rings (SSSR count). The third kappa shape index (κ3) is 3.45. The molecule has 1 N–H and O–H groups in total. The zero-order chi connectivity index (χ0) is 27.2. The van der Waals surface area contributed by atoms with E-state index in [-0.39, 0.29) is 39.7 Å². The van der Waals surface area contributed by atoms with Gasteiger partial charge in [-0.25, -0.2) is 0 Å². The first-order valence-corrected chi connectivity index (χ1v) is 15.3. The number of esters is 1. The summed E-state index contributed by atoms with van der Waals surface area (Å²) in [5, 5.41) is 10.6. The number of rotatable bonds is 4. The topological polar surface area (TPSA) is 63.6 Å². The molecule has 0 heterocycles. The largest absolute Gasteiger partial charge is 0.481 e. The van der Waals surface area contributed by atoms with Crippen LogP contribution in [0.5, 0.6) is 0 Å². The van der Waals surface area contributed by atoms with Gasteiger partial charge in [-0.1, -0.05) is 53.7 Å². The quantitative estimate of drug-likeness (QED) is 0.306. The Morgan fingerprint density at radius 2 is 1.57 bits per heavy atom. The lowest BCUT2D eigenvalue weighted by molar-refractivity contribution is -0.250. The van der Waals surface area contributed by atoms with Crippen LogP contribution in [0.15, 0.2) is 12.2 Å². The maximum atomic E-state index is 12.8. The molecule has 4 nitrogen and oxygen atoms in total. The van der Waals surface area contributed by atoms with Crippen molar-refractivity contribution in [2.24, 2.45) is 56.7 Å². The Hall–Kier alpha value is -1.32. The van der Waals surface area contributed by atoms with E-state index in [2.05, 4.69) is 48.1 Å². The summed E-state index contributed by atoms with van der Waals surface area (Å²) in [4.78, 5) is 25.1. The first-order valence-electron chi connectivity index (χ1n) is 15.3. The Morgan fingerprint density at radius 3 is 2.19 bits per heavy atom. The number of fused-ring (bicyclic) bond motifs is 7. The second-order valence-corrected chi connectivity index (χ2v) is 15.3. The smallest absolute Gasteiger partial charge is 0.309 e. The number of hydrogen-bond acceptors (Lipinski definition) is 3. The molecule has 0 aromatic rings. The Bertz CT molecular complexity index is 983. The minimum atomic E-state index is -0.554. The number of carboxylic acid groups (broad SMARTS) is 1. The van der Waals surface area contributed by atoms with Crippen molar-refractivity contribution in [2.45, 2.75) is 125 Å². The molecule has 0 aromatic carbocycles. The van der Waals surface area contributed by atoms with Crippen molar-refractivity contribution in [3.05, 3.63) is 12.2 Å². The lowest BCUT2D eigenvalue weighted by Gasteiger charge is -2.72. The van der Waals surface area contributed by atoms with E-state index in [9.17, 15) is 14.7 Å². The third-order valence-electron chi connectivity index (χ3n) is 14.0. The molecule has 5 fully saturated rings. The Balaban J connectivity index is 1.50. The number of carboxylic acids is 1. The number of aliphatic carboxylic acids is 1. The van der Waals surface area contributed by atoms with Gasteiger partial charge in [-0.05, 0) is 117 Å². The molecule has 0 aliphatic heterocycles. The summed E-state index contributed by atoms with van der Waals surface area (Å²) >= 11 is 0. The maximum absolute atomic E-state index is 12.8. The van der Waals surface area contributed by atoms with Crippen molar-refractivity contribution in [2.75, 3.05) is 0 Å². The minimum Gasteiger partial charge on any atom is -0.481 e. The van der Waals surface area contributed by atoms with Crippen LogP contribution in [0.2, 0.25) is 0 Å². The normalized spacial score (nSPS) is 50.1. The van der Waals surface area contributed by atoms with E-state index in [1.54, 1.807) is 0 Å². The second-order valence-electron chi connectivity index (χ2n) is 15.3. The van der Waals surface area contributed by atoms with E-state index in [1.807, 2.05) is 6.92 Å². The molecule has 208 valence electrons. The van der Waals surface area contributed by atoms with E-state index >= 15 is 0 Å². The van der Waals surface area contributed by atoms with Gasteiger partial charge in [0.2, 0.25) is 0 Å². The Kier molecular flexibility index (Phi) is 6.33. The van der Waals surface area contributed by atoms with Gasteiger partial charge in [0.15, 0.2) is 0 Å². The number of allylic oxidation sites excluding steroid dienone is 1. The lowest BCUT2D eigenvalue weighted by atomic mass is 9.32. The van der Waals surface area contributed by atoms with E-state index in [4.69, 9.17) is 4.74 Å².